The molecule has 138 valence electrons. The Kier molecular flexibility index (Phi) is 6.16. The van der Waals surface area contributed by atoms with Crippen molar-refractivity contribution >= 4 is 23.0 Å². The van der Waals surface area contributed by atoms with E-state index in [1.54, 1.807) is 0 Å². The van der Waals surface area contributed by atoms with Crippen molar-refractivity contribution in [3.63, 3.8) is 0 Å². The van der Waals surface area contributed by atoms with Gasteiger partial charge in [-0.2, -0.15) is 0 Å². The predicted molar refractivity (Wildman–Crippen MR) is 110 cm³/mol. The Labute approximate surface area is 156 Å². The molecule has 0 bridgehead atoms. The van der Waals surface area contributed by atoms with Gasteiger partial charge >= 0.3 is 0 Å². The number of aryl methyl sites for hydroxylation is 2. The number of nitrogens with one attached hydrogen (secondary N) is 2. The average molecular weight is 351 g/mol. The molecule has 0 radical (unpaired) electrons. The summed E-state index contributed by atoms with van der Waals surface area (Å²) in [7, 11) is 0. The lowest BCUT2D eigenvalue weighted by molar-refractivity contribution is -0.115. The topological polar surface area (TPSA) is 44.4 Å². The average Bonchev–Trinajstić information content (AvgIpc) is 2.66. The summed E-state index contributed by atoms with van der Waals surface area (Å²) < 4.78 is 0. The molecular formula is C22H29N3O. The highest BCUT2D eigenvalue weighted by Crippen LogP contribution is 2.22. The van der Waals surface area contributed by atoms with Crippen LogP contribution in [-0.2, 0) is 4.79 Å². The quantitative estimate of drug-likeness (QED) is 0.790. The van der Waals surface area contributed by atoms with E-state index in [0.29, 0.717) is 13.0 Å². The van der Waals surface area contributed by atoms with Gasteiger partial charge in [0.1, 0.15) is 0 Å². The van der Waals surface area contributed by atoms with Crippen molar-refractivity contribution in [3.8, 4) is 0 Å². The van der Waals surface area contributed by atoms with Gasteiger partial charge < -0.3 is 15.5 Å². The first-order valence-corrected chi connectivity index (χ1v) is 9.58. The zero-order chi connectivity index (χ0) is 18.4. The Morgan fingerprint density at radius 2 is 1.73 bits per heavy atom. The molecule has 1 saturated heterocycles. The number of carbonyl (C=O) groups is 1. The van der Waals surface area contributed by atoms with E-state index in [9.17, 15) is 4.79 Å². The third-order valence-electron chi connectivity index (χ3n) is 4.93. The van der Waals surface area contributed by atoms with Crippen molar-refractivity contribution in [1.29, 1.82) is 0 Å². The molecule has 1 fully saturated rings. The number of hydrogen-bond donors (Lipinski definition) is 2. The number of hydrogen-bond acceptors (Lipinski definition) is 3. The SMILES string of the molecule is Cc1ccc(C)c(NCCC(=O)Nc2ccc(N3CCCCC3)cc2)c1. The molecule has 1 aliphatic rings. The van der Waals surface area contributed by atoms with Crippen LogP contribution in [0.25, 0.3) is 0 Å². The summed E-state index contributed by atoms with van der Waals surface area (Å²) in [6.45, 7) is 7.05. The van der Waals surface area contributed by atoms with Crippen molar-refractivity contribution in [1.82, 2.24) is 0 Å². The summed E-state index contributed by atoms with van der Waals surface area (Å²) in [4.78, 5) is 14.6. The van der Waals surface area contributed by atoms with Crippen LogP contribution in [0.5, 0.6) is 0 Å². The Bertz CT molecular complexity index is 734. The molecule has 2 N–H and O–H groups in total. The van der Waals surface area contributed by atoms with Gasteiger partial charge in [0.05, 0.1) is 0 Å². The summed E-state index contributed by atoms with van der Waals surface area (Å²) in [6.07, 6.45) is 4.32. The highest BCUT2D eigenvalue weighted by atomic mass is 16.1. The number of piperidine rings is 1. The molecule has 2 aromatic rings. The van der Waals surface area contributed by atoms with Crippen molar-refractivity contribution in [2.45, 2.75) is 39.5 Å². The van der Waals surface area contributed by atoms with Crippen molar-refractivity contribution < 1.29 is 4.79 Å². The van der Waals surface area contributed by atoms with Crippen LogP contribution in [0.2, 0.25) is 0 Å². The second-order valence-corrected chi connectivity index (χ2v) is 7.14. The molecule has 0 aliphatic carbocycles. The highest BCUT2D eigenvalue weighted by molar-refractivity contribution is 5.91. The maximum Gasteiger partial charge on any atom is 0.226 e. The zero-order valence-electron chi connectivity index (χ0n) is 15.8. The van der Waals surface area contributed by atoms with E-state index in [4.69, 9.17) is 0 Å². The Balaban J connectivity index is 1.46. The van der Waals surface area contributed by atoms with Gasteiger partial charge in [-0.15, -0.1) is 0 Å². The fraction of sp³-hybridized carbons (Fsp3) is 0.409. The van der Waals surface area contributed by atoms with E-state index in [1.165, 1.54) is 36.1 Å². The van der Waals surface area contributed by atoms with Crippen molar-refractivity contribution in [3.05, 3.63) is 53.6 Å². The van der Waals surface area contributed by atoms with Gasteiger partial charge in [0.2, 0.25) is 5.91 Å². The summed E-state index contributed by atoms with van der Waals surface area (Å²) in [5, 5.41) is 6.34. The molecular weight excluding hydrogens is 322 g/mol. The maximum atomic E-state index is 12.2. The van der Waals surface area contributed by atoms with E-state index in [-0.39, 0.29) is 5.91 Å². The molecule has 1 amide bonds. The molecule has 4 heteroatoms. The number of benzene rings is 2. The Morgan fingerprint density at radius 1 is 1.00 bits per heavy atom. The molecule has 3 rings (SSSR count). The molecule has 2 aromatic carbocycles. The Hall–Kier alpha value is -2.49. The lowest BCUT2D eigenvalue weighted by Crippen LogP contribution is -2.29. The third-order valence-corrected chi connectivity index (χ3v) is 4.93. The molecule has 4 nitrogen and oxygen atoms in total. The van der Waals surface area contributed by atoms with Gasteiger partial charge in [-0.3, -0.25) is 4.79 Å². The van der Waals surface area contributed by atoms with E-state index in [0.717, 1.165) is 24.5 Å². The van der Waals surface area contributed by atoms with Crippen LogP contribution >= 0.6 is 0 Å². The number of amides is 1. The first kappa shape index (κ1) is 18.3. The first-order valence-electron chi connectivity index (χ1n) is 9.58. The molecule has 0 saturated carbocycles. The standard InChI is InChI=1S/C22H29N3O/c1-17-6-7-18(2)21(16-17)23-13-12-22(26)24-19-8-10-20(11-9-19)25-14-4-3-5-15-25/h6-11,16,23H,3-5,12-15H2,1-2H3,(H,24,26). The summed E-state index contributed by atoms with van der Waals surface area (Å²) in [6, 6.07) is 14.5. The Morgan fingerprint density at radius 3 is 2.46 bits per heavy atom. The van der Waals surface area contributed by atoms with Crippen molar-refractivity contribution in [2.24, 2.45) is 0 Å². The highest BCUT2D eigenvalue weighted by Gasteiger charge is 2.11. The summed E-state index contributed by atoms with van der Waals surface area (Å²) >= 11 is 0. The third kappa shape index (κ3) is 5.01. The fourth-order valence-electron chi connectivity index (χ4n) is 3.37. The molecule has 0 unspecified atom stereocenters. The van der Waals surface area contributed by atoms with Crippen LogP contribution in [0.4, 0.5) is 17.1 Å². The van der Waals surface area contributed by atoms with E-state index < -0.39 is 0 Å². The molecule has 26 heavy (non-hydrogen) atoms. The molecule has 1 aliphatic heterocycles. The zero-order valence-corrected chi connectivity index (χ0v) is 15.8. The smallest absolute Gasteiger partial charge is 0.226 e. The predicted octanol–water partition coefficient (Wildman–Crippen LogP) is 4.73. The van der Waals surface area contributed by atoms with E-state index >= 15 is 0 Å². The van der Waals surface area contributed by atoms with E-state index in [2.05, 4.69) is 59.7 Å². The lowest BCUT2D eigenvalue weighted by Gasteiger charge is -2.28. The van der Waals surface area contributed by atoms with Gasteiger partial charge in [0.15, 0.2) is 0 Å². The van der Waals surface area contributed by atoms with Gasteiger partial charge in [-0.25, -0.2) is 0 Å². The first-order chi connectivity index (χ1) is 12.6. The molecule has 1 heterocycles. The molecule has 0 aromatic heterocycles. The fourth-order valence-corrected chi connectivity index (χ4v) is 3.37. The largest absolute Gasteiger partial charge is 0.384 e. The number of rotatable bonds is 6. The van der Waals surface area contributed by atoms with Crippen LogP contribution in [0.3, 0.4) is 0 Å². The summed E-state index contributed by atoms with van der Waals surface area (Å²) in [5.41, 5.74) is 5.63. The summed E-state index contributed by atoms with van der Waals surface area (Å²) in [5.74, 6) is 0.0357. The molecule has 0 atom stereocenters. The van der Waals surface area contributed by atoms with E-state index in [1.807, 2.05) is 12.1 Å². The van der Waals surface area contributed by atoms with Crippen LogP contribution < -0.4 is 15.5 Å². The van der Waals surface area contributed by atoms with Gasteiger partial charge in [0.25, 0.3) is 0 Å². The minimum Gasteiger partial charge on any atom is -0.384 e. The number of anilines is 3. The van der Waals surface area contributed by atoms with Crippen LogP contribution in [-0.4, -0.2) is 25.5 Å². The monoisotopic (exact) mass is 351 g/mol. The van der Waals surface area contributed by atoms with Crippen LogP contribution in [0.1, 0.15) is 36.8 Å². The lowest BCUT2D eigenvalue weighted by atomic mass is 10.1. The van der Waals surface area contributed by atoms with Crippen LogP contribution in [0.15, 0.2) is 42.5 Å². The minimum absolute atomic E-state index is 0.0357. The molecule has 0 spiro atoms. The normalized spacial score (nSPS) is 14.2. The van der Waals surface area contributed by atoms with Gasteiger partial charge in [-0.05, 0) is 74.6 Å². The van der Waals surface area contributed by atoms with Crippen molar-refractivity contribution in [2.75, 3.05) is 35.2 Å². The minimum atomic E-state index is 0.0357. The van der Waals surface area contributed by atoms with Crippen LogP contribution in [0, 0.1) is 13.8 Å². The second kappa shape index (κ2) is 8.75. The number of nitrogens with zero attached hydrogens (tertiary/aromatic N) is 1. The second-order valence-electron chi connectivity index (χ2n) is 7.14. The number of carbonyl (C=O) groups excluding carboxylic acids is 1. The van der Waals surface area contributed by atoms with Gasteiger partial charge in [0, 0.05) is 43.1 Å². The maximum absolute atomic E-state index is 12.2. The van der Waals surface area contributed by atoms with Gasteiger partial charge in [-0.1, -0.05) is 12.1 Å².